The third-order valence-corrected chi connectivity index (χ3v) is 3.04. The topological polar surface area (TPSA) is 44.1 Å². The molecule has 5 heteroatoms. The summed E-state index contributed by atoms with van der Waals surface area (Å²) in [5.41, 5.74) is 0.529. The van der Waals surface area contributed by atoms with Gasteiger partial charge in [0.05, 0.1) is 12.0 Å². The Morgan fingerprint density at radius 2 is 2.17 bits per heavy atom. The molecule has 0 aromatic heterocycles. The molecule has 18 heavy (non-hydrogen) atoms. The summed E-state index contributed by atoms with van der Waals surface area (Å²) in [6.45, 7) is 0.572. The van der Waals surface area contributed by atoms with Gasteiger partial charge in [0.15, 0.2) is 11.6 Å². The molecule has 0 radical (unpaired) electrons. The molecular weight excluding hydrogens is 238 g/mol. The van der Waals surface area contributed by atoms with Crippen LogP contribution < -0.4 is 0 Å². The summed E-state index contributed by atoms with van der Waals surface area (Å²) >= 11 is 0. The van der Waals surface area contributed by atoms with Crippen LogP contribution in [0.1, 0.15) is 18.4 Å². The van der Waals surface area contributed by atoms with E-state index in [2.05, 4.69) is 6.07 Å². The molecule has 1 heterocycles. The molecule has 1 aromatic carbocycles. The van der Waals surface area contributed by atoms with Crippen LogP contribution in [0.15, 0.2) is 18.2 Å². The van der Waals surface area contributed by atoms with Gasteiger partial charge in [0.25, 0.3) is 0 Å². The first kappa shape index (κ1) is 12.5. The highest BCUT2D eigenvalue weighted by Gasteiger charge is 2.25. The van der Waals surface area contributed by atoms with Crippen molar-refractivity contribution < 1.29 is 13.6 Å². The predicted octanol–water partition coefficient (Wildman–Crippen LogP) is 2.23. The van der Waals surface area contributed by atoms with Crippen molar-refractivity contribution >= 4 is 5.91 Å². The van der Waals surface area contributed by atoms with E-state index in [0.29, 0.717) is 24.9 Å². The minimum atomic E-state index is -0.922. The number of benzene rings is 1. The van der Waals surface area contributed by atoms with Crippen LogP contribution in [0.3, 0.4) is 0 Å². The molecule has 1 saturated heterocycles. The van der Waals surface area contributed by atoms with Crippen LogP contribution in [0, 0.1) is 28.9 Å². The van der Waals surface area contributed by atoms with E-state index in [1.807, 2.05) is 0 Å². The number of amides is 1. The highest BCUT2D eigenvalue weighted by Crippen LogP contribution is 2.19. The van der Waals surface area contributed by atoms with Crippen LogP contribution in [0.5, 0.6) is 0 Å². The maximum absolute atomic E-state index is 13.0. The molecule has 0 aliphatic carbocycles. The summed E-state index contributed by atoms with van der Waals surface area (Å²) in [6.07, 6.45) is 0.908. The van der Waals surface area contributed by atoms with Crippen molar-refractivity contribution in [2.24, 2.45) is 5.92 Å². The minimum Gasteiger partial charge on any atom is -0.337 e. The molecule has 3 nitrogen and oxygen atoms in total. The summed E-state index contributed by atoms with van der Waals surface area (Å²) in [5, 5.41) is 8.84. The Kier molecular flexibility index (Phi) is 3.56. The van der Waals surface area contributed by atoms with Gasteiger partial charge >= 0.3 is 0 Å². The fourth-order valence-corrected chi connectivity index (χ4v) is 2.03. The number of carbonyl (C=O) groups excluding carboxylic acids is 1. The number of hydrogen-bond acceptors (Lipinski definition) is 2. The SMILES string of the molecule is N#CC1CCC(=O)N(Cc2ccc(F)c(F)c2)C1. The number of piperidine rings is 1. The van der Waals surface area contributed by atoms with Crippen LogP contribution in [-0.2, 0) is 11.3 Å². The Morgan fingerprint density at radius 3 is 2.83 bits per heavy atom. The molecule has 0 bridgehead atoms. The van der Waals surface area contributed by atoms with Gasteiger partial charge in [-0.15, -0.1) is 0 Å². The molecule has 1 atom stereocenters. The van der Waals surface area contributed by atoms with E-state index in [1.165, 1.54) is 11.0 Å². The van der Waals surface area contributed by atoms with Crippen molar-refractivity contribution in [1.82, 2.24) is 4.90 Å². The largest absolute Gasteiger partial charge is 0.337 e. The highest BCUT2D eigenvalue weighted by atomic mass is 19.2. The van der Waals surface area contributed by atoms with Gasteiger partial charge in [-0.2, -0.15) is 5.26 Å². The first-order valence-electron chi connectivity index (χ1n) is 5.71. The molecule has 1 fully saturated rings. The molecule has 1 amide bonds. The number of hydrogen-bond donors (Lipinski definition) is 0. The van der Waals surface area contributed by atoms with Gasteiger partial charge < -0.3 is 4.90 Å². The smallest absolute Gasteiger partial charge is 0.222 e. The zero-order valence-electron chi connectivity index (χ0n) is 9.70. The molecule has 1 unspecified atom stereocenters. The van der Waals surface area contributed by atoms with Gasteiger partial charge in [-0.25, -0.2) is 8.78 Å². The van der Waals surface area contributed by atoms with Gasteiger partial charge in [-0.05, 0) is 24.1 Å². The van der Waals surface area contributed by atoms with E-state index in [-0.39, 0.29) is 18.4 Å². The Morgan fingerprint density at radius 1 is 1.39 bits per heavy atom. The first-order chi connectivity index (χ1) is 8.60. The van der Waals surface area contributed by atoms with Crippen molar-refractivity contribution in [2.75, 3.05) is 6.54 Å². The molecule has 1 aliphatic heterocycles. The van der Waals surface area contributed by atoms with Crippen LogP contribution in [-0.4, -0.2) is 17.4 Å². The lowest BCUT2D eigenvalue weighted by molar-refractivity contribution is -0.134. The summed E-state index contributed by atoms with van der Waals surface area (Å²) in [7, 11) is 0. The third-order valence-electron chi connectivity index (χ3n) is 3.04. The van der Waals surface area contributed by atoms with Crippen molar-refractivity contribution in [3.8, 4) is 6.07 Å². The van der Waals surface area contributed by atoms with Crippen LogP contribution in [0.25, 0.3) is 0 Å². The van der Waals surface area contributed by atoms with E-state index in [4.69, 9.17) is 5.26 Å². The Hall–Kier alpha value is -1.96. The molecule has 0 spiro atoms. The monoisotopic (exact) mass is 250 g/mol. The fraction of sp³-hybridized carbons (Fsp3) is 0.385. The summed E-state index contributed by atoms with van der Waals surface area (Å²) in [6, 6.07) is 5.70. The lowest BCUT2D eigenvalue weighted by atomic mass is 9.98. The third kappa shape index (κ3) is 2.65. The van der Waals surface area contributed by atoms with Gasteiger partial charge in [-0.1, -0.05) is 6.07 Å². The van der Waals surface area contributed by atoms with Gasteiger partial charge in [0.2, 0.25) is 5.91 Å². The molecule has 1 aliphatic rings. The molecule has 1 aromatic rings. The number of nitriles is 1. The maximum Gasteiger partial charge on any atom is 0.222 e. The number of halogens is 2. The molecular formula is C13H12F2N2O. The van der Waals surface area contributed by atoms with E-state index < -0.39 is 11.6 Å². The van der Waals surface area contributed by atoms with Crippen LogP contribution >= 0.6 is 0 Å². The van der Waals surface area contributed by atoms with Gasteiger partial charge in [0, 0.05) is 19.5 Å². The minimum absolute atomic E-state index is 0.0498. The predicted molar refractivity (Wildman–Crippen MR) is 60.1 cm³/mol. The van der Waals surface area contributed by atoms with Crippen molar-refractivity contribution in [3.05, 3.63) is 35.4 Å². The Bertz CT molecular complexity index is 510. The lowest BCUT2D eigenvalue weighted by Gasteiger charge is -2.29. The van der Waals surface area contributed by atoms with Crippen LogP contribution in [0.4, 0.5) is 8.78 Å². The number of likely N-dealkylation sites (tertiary alicyclic amines) is 1. The van der Waals surface area contributed by atoms with E-state index in [9.17, 15) is 13.6 Å². The van der Waals surface area contributed by atoms with Crippen LogP contribution in [0.2, 0.25) is 0 Å². The number of carbonyl (C=O) groups is 1. The van der Waals surface area contributed by atoms with Gasteiger partial charge in [0.1, 0.15) is 0 Å². The van der Waals surface area contributed by atoms with Crippen molar-refractivity contribution in [2.45, 2.75) is 19.4 Å². The zero-order chi connectivity index (χ0) is 13.1. The average Bonchev–Trinajstić information content (AvgIpc) is 2.36. The van der Waals surface area contributed by atoms with E-state index >= 15 is 0 Å². The van der Waals surface area contributed by atoms with E-state index in [1.54, 1.807) is 0 Å². The quantitative estimate of drug-likeness (QED) is 0.807. The van der Waals surface area contributed by atoms with E-state index in [0.717, 1.165) is 12.1 Å². The van der Waals surface area contributed by atoms with Gasteiger partial charge in [-0.3, -0.25) is 4.79 Å². The second-order valence-electron chi connectivity index (χ2n) is 4.39. The maximum atomic E-state index is 13.0. The average molecular weight is 250 g/mol. The molecule has 94 valence electrons. The second kappa shape index (κ2) is 5.13. The van der Waals surface area contributed by atoms with Crippen molar-refractivity contribution in [3.63, 3.8) is 0 Å². The lowest BCUT2D eigenvalue weighted by Crippen LogP contribution is -2.39. The Labute approximate surface area is 104 Å². The molecule has 0 saturated carbocycles. The summed E-state index contributed by atoms with van der Waals surface area (Å²) in [5.74, 6) is -2.05. The highest BCUT2D eigenvalue weighted by molar-refractivity contribution is 5.77. The molecule has 2 rings (SSSR count). The normalized spacial score (nSPS) is 19.7. The first-order valence-corrected chi connectivity index (χ1v) is 5.71. The molecule has 0 N–H and O–H groups in total. The Balaban J connectivity index is 2.10. The number of rotatable bonds is 2. The zero-order valence-corrected chi connectivity index (χ0v) is 9.70. The summed E-state index contributed by atoms with van der Waals surface area (Å²) < 4.78 is 25.8. The number of nitrogens with zero attached hydrogens (tertiary/aromatic N) is 2. The fourth-order valence-electron chi connectivity index (χ4n) is 2.03. The standard InChI is InChI=1S/C13H12F2N2O/c14-11-3-1-9(5-12(11)15)7-17-8-10(6-16)2-4-13(17)18/h1,3,5,10H,2,4,7-8H2. The summed E-state index contributed by atoms with van der Waals surface area (Å²) in [4.78, 5) is 13.2. The van der Waals surface area contributed by atoms with Crippen molar-refractivity contribution in [1.29, 1.82) is 5.26 Å². The second-order valence-corrected chi connectivity index (χ2v) is 4.39.